The van der Waals surface area contributed by atoms with Gasteiger partial charge in [-0.1, -0.05) is 27.2 Å². The number of hydrogen-bond acceptors (Lipinski definition) is 3. The van der Waals surface area contributed by atoms with Gasteiger partial charge in [0.1, 0.15) is 6.04 Å². The monoisotopic (exact) mass is 274 g/mol. The minimum atomic E-state index is -0.960. The van der Waals surface area contributed by atoms with Crippen molar-refractivity contribution >= 4 is 23.8 Å². The SMILES string of the molecule is CCC[C@H](NC(=O)N1CC(C)SC(C)C1)C(=O)O. The maximum atomic E-state index is 12.0. The first kappa shape index (κ1) is 15.1. The van der Waals surface area contributed by atoms with Gasteiger partial charge in [-0.25, -0.2) is 9.59 Å². The van der Waals surface area contributed by atoms with Crippen LogP contribution in [-0.4, -0.2) is 51.6 Å². The van der Waals surface area contributed by atoms with Crippen LogP contribution in [0.2, 0.25) is 0 Å². The van der Waals surface area contributed by atoms with E-state index in [9.17, 15) is 9.59 Å². The summed E-state index contributed by atoms with van der Waals surface area (Å²) in [4.78, 5) is 24.7. The Morgan fingerprint density at radius 3 is 2.39 bits per heavy atom. The van der Waals surface area contributed by atoms with Gasteiger partial charge < -0.3 is 15.3 Å². The van der Waals surface area contributed by atoms with Gasteiger partial charge in [0.05, 0.1) is 0 Å². The minimum absolute atomic E-state index is 0.255. The average Bonchev–Trinajstić information content (AvgIpc) is 2.26. The molecular formula is C12H22N2O3S. The first-order chi connectivity index (χ1) is 8.43. The number of carbonyl (C=O) groups is 2. The molecule has 104 valence electrons. The molecule has 1 fully saturated rings. The summed E-state index contributed by atoms with van der Waals surface area (Å²) in [6.07, 6.45) is 1.20. The Labute approximate surface area is 112 Å². The number of carbonyl (C=O) groups excluding carboxylic acids is 1. The number of rotatable bonds is 4. The zero-order valence-electron chi connectivity index (χ0n) is 11.2. The third kappa shape index (κ3) is 4.40. The summed E-state index contributed by atoms with van der Waals surface area (Å²) >= 11 is 1.86. The quantitative estimate of drug-likeness (QED) is 0.820. The number of carboxylic acids is 1. The highest BCUT2D eigenvalue weighted by Crippen LogP contribution is 2.24. The topological polar surface area (TPSA) is 69.6 Å². The van der Waals surface area contributed by atoms with E-state index in [1.807, 2.05) is 18.7 Å². The lowest BCUT2D eigenvalue weighted by Crippen LogP contribution is -2.52. The molecule has 2 unspecified atom stereocenters. The molecule has 5 nitrogen and oxygen atoms in total. The molecule has 0 bridgehead atoms. The van der Waals surface area contributed by atoms with E-state index in [1.165, 1.54) is 0 Å². The smallest absolute Gasteiger partial charge is 0.326 e. The van der Waals surface area contributed by atoms with Crippen molar-refractivity contribution in [3.63, 3.8) is 0 Å². The van der Waals surface area contributed by atoms with E-state index in [4.69, 9.17) is 5.11 Å². The summed E-state index contributed by atoms with van der Waals surface area (Å²) in [5.74, 6) is -0.960. The van der Waals surface area contributed by atoms with Gasteiger partial charge in [0.25, 0.3) is 0 Å². The molecular weight excluding hydrogens is 252 g/mol. The van der Waals surface area contributed by atoms with E-state index in [0.717, 1.165) is 6.42 Å². The highest BCUT2D eigenvalue weighted by molar-refractivity contribution is 8.00. The molecule has 0 aromatic heterocycles. The van der Waals surface area contributed by atoms with Gasteiger partial charge in [-0.3, -0.25) is 0 Å². The van der Waals surface area contributed by atoms with E-state index in [0.29, 0.717) is 30.0 Å². The number of thioether (sulfide) groups is 1. The highest BCUT2D eigenvalue weighted by atomic mass is 32.2. The zero-order chi connectivity index (χ0) is 13.7. The molecule has 18 heavy (non-hydrogen) atoms. The van der Waals surface area contributed by atoms with Gasteiger partial charge in [0.15, 0.2) is 0 Å². The van der Waals surface area contributed by atoms with Crippen molar-refractivity contribution in [3.05, 3.63) is 0 Å². The Morgan fingerprint density at radius 2 is 1.94 bits per heavy atom. The van der Waals surface area contributed by atoms with Crippen molar-refractivity contribution in [2.75, 3.05) is 13.1 Å². The van der Waals surface area contributed by atoms with Crippen molar-refractivity contribution in [2.45, 2.75) is 50.2 Å². The molecule has 0 aromatic rings. The Bertz CT molecular complexity index is 302. The van der Waals surface area contributed by atoms with Gasteiger partial charge in [0.2, 0.25) is 0 Å². The van der Waals surface area contributed by atoms with Crippen molar-refractivity contribution in [3.8, 4) is 0 Å². The molecule has 2 amide bonds. The Balaban J connectivity index is 2.55. The molecule has 1 rings (SSSR count). The maximum Gasteiger partial charge on any atom is 0.326 e. The number of urea groups is 1. The number of hydrogen-bond donors (Lipinski definition) is 2. The summed E-state index contributed by atoms with van der Waals surface area (Å²) in [5.41, 5.74) is 0. The number of amides is 2. The lowest BCUT2D eigenvalue weighted by Gasteiger charge is -2.35. The highest BCUT2D eigenvalue weighted by Gasteiger charge is 2.28. The van der Waals surface area contributed by atoms with Crippen molar-refractivity contribution < 1.29 is 14.7 Å². The van der Waals surface area contributed by atoms with E-state index in [1.54, 1.807) is 4.90 Å². The first-order valence-corrected chi connectivity index (χ1v) is 7.32. The molecule has 1 aliphatic rings. The van der Waals surface area contributed by atoms with Crippen LogP contribution in [0.25, 0.3) is 0 Å². The fraction of sp³-hybridized carbons (Fsp3) is 0.833. The van der Waals surface area contributed by atoms with Gasteiger partial charge in [0, 0.05) is 23.6 Å². The number of nitrogens with zero attached hydrogens (tertiary/aromatic N) is 1. The molecule has 6 heteroatoms. The number of carboxylic acid groups (broad SMARTS) is 1. The molecule has 1 saturated heterocycles. The van der Waals surface area contributed by atoms with Crippen molar-refractivity contribution in [1.82, 2.24) is 10.2 Å². The lowest BCUT2D eigenvalue weighted by atomic mass is 10.2. The Kier molecular flexibility index (Phi) is 5.78. The summed E-state index contributed by atoms with van der Waals surface area (Å²) in [6.45, 7) is 7.44. The van der Waals surface area contributed by atoms with Crippen LogP contribution in [0.15, 0.2) is 0 Å². The standard InChI is InChI=1S/C12H22N2O3S/c1-4-5-10(11(15)16)13-12(17)14-6-8(2)18-9(3)7-14/h8-10H,4-7H2,1-3H3,(H,13,17)(H,15,16)/t8?,9?,10-/m0/s1. The largest absolute Gasteiger partial charge is 0.480 e. The molecule has 1 aliphatic heterocycles. The average molecular weight is 274 g/mol. The fourth-order valence-electron chi connectivity index (χ4n) is 2.13. The molecule has 0 spiro atoms. The van der Waals surface area contributed by atoms with Crippen LogP contribution in [0, 0.1) is 0 Å². The van der Waals surface area contributed by atoms with E-state index in [-0.39, 0.29) is 6.03 Å². The van der Waals surface area contributed by atoms with Crippen LogP contribution in [0.1, 0.15) is 33.6 Å². The second kappa shape index (κ2) is 6.87. The molecule has 3 atom stereocenters. The fourth-order valence-corrected chi connectivity index (χ4v) is 3.46. The van der Waals surface area contributed by atoms with Gasteiger partial charge in [-0.05, 0) is 6.42 Å². The van der Waals surface area contributed by atoms with Crippen LogP contribution in [-0.2, 0) is 4.79 Å². The van der Waals surface area contributed by atoms with Crippen LogP contribution in [0.3, 0.4) is 0 Å². The van der Waals surface area contributed by atoms with Crippen LogP contribution in [0.4, 0.5) is 4.79 Å². The minimum Gasteiger partial charge on any atom is -0.480 e. The second-order valence-corrected chi connectivity index (χ2v) is 6.67. The van der Waals surface area contributed by atoms with Crippen molar-refractivity contribution in [2.24, 2.45) is 0 Å². The lowest BCUT2D eigenvalue weighted by molar-refractivity contribution is -0.139. The summed E-state index contributed by atoms with van der Waals surface area (Å²) in [7, 11) is 0. The summed E-state index contributed by atoms with van der Waals surface area (Å²) < 4.78 is 0. The first-order valence-electron chi connectivity index (χ1n) is 6.37. The van der Waals surface area contributed by atoms with E-state index < -0.39 is 12.0 Å². The molecule has 0 saturated carbocycles. The third-order valence-corrected chi connectivity index (χ3v) is 4.11. The second-order valence-electron chi connectivity index (χ2n) is 4.79. The van der Waals surface area contributed by atoms with Gasteiger partial charge >= 0.3 is 12.0 Å². The molecule has 2 N–H and O–H groups in total. The van der Waals surface area contributed by atoms with E-state index in [2.05, 4.69) is 19.2 Å². The maximum absolute atomic E-state index is 12.0. The Morgan fingerprint density at radius 1 is 1.39 bits per heavy atom. The summed E-state index contributed by atoms with van der Waals surface area (Å²) in [6, 6.07) is -1.03. The number of nitrogens with one attached hydrogen (secondary N) is 1. The molecule has 0 radical (unpaired) electrons. The van der Waals surface area contributed by atoms with Gasteiger partial charge in [-0.2, -0.15) is 11.8 Å². The predicted molar refractivity (Wildman–Crippen MR) is 73.0 cm³/mol. The number of aliphatic carboxylic acids is 1. The molecule has 1 heterocycles. The van der Waals surface area contributed by atoms with Crippen LogP contribution >= 0.6 is 11.8 Å². The summed E-state index contributed by atoms with van der Waals surface area (Å²) in [5, 5.41) is 12.4. The van der Waals surface area contributed by atoms with Gasteiger partial charge in [-0.15, -0.1) is 0 Å². The Hall–Kier alpha value is -0.910. The van der Waals surface area contributed by atoms with Crippen LogP contribution < -0.4 is 5.32 Å². The molecule has 0 aliphatic carbocycles. The van der Waals surface area contributed by atoms with E-state index >= 15 is 0 Å². The zero-order valence-corrected chi connectivity index (χ0v) is 12.0. The predicted octanol–water partition coefficient (Wildman–Crippen LogP) is 1.78. The normalized spacial score (nSPS) is 25.6. The molecule has 0 aromatic carbocycles. The third-order valence-electron chi connectivity index (χ3n) is 2.88. The van der Waals surface area contributed by atoms with Crippen LogP contribution in [0.5, 0.6) is 0 Å². The van der Waals surface area contributed by atoms with Crippen molar-refractivity contribution in [1.29, 1.82) is 0 Å².